The van der Waals surface area contributed by atoms with Crippen LogP contribution < -0.4 is 9.46 Å². The van der Waals surface area contributed by atoms with Crippen molar-refractivity contribution in [1.82, 2.24) is 9.62 Å². The van der Waals surface area contributed by atoms with E-state index in [1.165, 1.54) is 0 Å². The number of carbonyl (C=O) groups excluding carboxylic acids is 1. The minimum Gasteiger partial charge on any atom is -0.444 e. The zero-order valence-corrected chi connectivity index (χ0v) is 17.8. The van der Waals surface area contributed by atoms with E-state index in [4.69, 9.17) is 4.74 Å². The third-order valence-electron chi connectivity index (χ3n) is 5.01. The molecule has 0 bridgehead atoms. The first-order chi connectivity index (χ1) is 13.7. The van der Waals surface area contributed by atoms with Crippen LogP contribution >= 0.6 is 0 Å². The van der Waals surface area contributed by atoms with Gasteiger partial charge in [-0.25, -0.2) is 17.9 Å². The van der Waals surface area contributed by atoms with E-state index < -0.39 is 39.4 Å². The lowest BCUT2D eigenvalue weighted by atomic mass is 10.1. The van der Waals surface area contributed by atoms with E-state index in [1.54, 1.807) is 25.7 Å². The Hall–Kier alpha value is -2.01. The lowest BCUT2D eigenvalue weighted by Crippen LogP contribution is -2.53. The van der Waals surface area contributed by atoms with E-state index in [-0.39, 0.29) is 10.9 Å². The molecule has 11 heteroatoms. The molecule has 1 aromatic carbocycles. The number of ether oxygens (including phenoxy) is 2. The molecule has 0 spiro atoms. The Bertz CT molecular complexity index is 890. The van der Waals surface area contributed by atoms with Crippen LogP contribution in [0.4, 0.5) is 18.0 Å². The van der Waals surface area contributed by atoms with Gasteiger partial charge in [0.05, 0.1) is 16.5 Å². The fraction of sp³-hybridized carbons (Fsp3) is 0.632. The Morgan fingerprint density at radius 1 is 1.17 bits per heavy atom. The summed E-state index contributed by atoms with van der Waals surface area (Å²) in [5.74, 6) is -0.505. The fourth-order valence-corrected chi connectivity index (χ4v) is 5.15. The van der Waals surface area contributed by atoms with Crippen LogP contribution in [-0.2, 0) is 14.8 Å². The average molecular weight is 450 g/mol. The zero-order valence-electron chi connectivity index (χ0n) is 17.0. The molecule has 1 amide bonds. The molecular formula is C19H25F3N2O5S. The Kier molecular flexibility index (Phi) is 5.74. The van der Waals surface area contributed by atoms with Crippen molar-refractivity contribution in [2.45, 2.75) is 74.9 Å². The molecule has 1 aliphatic carbocycles. The summed E-state index contributed by atoms with van der Waals surface area (Å²) >= 11 is 0. The molecule has 1 saturated heterocycles. The highest BCUT2D eigenvalue weighted by molar-refractivity contribution is 7.89. The highest BCUT2D eigenvalue weighted by atomic mass is 32.2. The van der Waals surface area contributed by atoms with Crippen molar-refractivity contribution >= 4 is 16.1 Å². The predicted octanol–water partition coefficient (Wildman–Crippen LogP) is 3.80. The van der Waals surface area contributed by atoms with E-state index in [0.29, 0.717) is 25.8 Å². The lowest BCUT2D eigenvalue weighted by Gasteiger charge is -2.33. The molecule has 1 atom stereocenters. The van der Waals surface area contributed by atoms with Gasteiger partial charge >= 0.3 is 12.5 Å². The topological polar surface area (TPSA) is 84.9 Å². The minimum absolute atomic E-state index is 0.176. The summed E-state index contributed by atoms with van der Waals surface area (Å²) in [5.41, 5.74) is -1.46. The number of carbonyl (C=O) groups is 1. The number of nitrogens with zero attached hydrogens (tertiary/aromatic N) is 1. The number of likely N-dealkylation sites (tertiary alicyclic amines) is 1. The number of amides is 1. The molecule has 1 aliphatic heterocycles. The van der Waals surface area contributed by atoms with Gasteiger partial charge in [-0.1, -0.05) is 0 Å². The largest absolute Gasteiger partial charge is 0.573 e. The summed E-state index contributed by atoms with van der Waals surface area (Å²) in [6.45, 7) is 5.76. The van der Waals surface area contributed by atoms with Gasteiger partial charge in [0, 0.05) is 6.54 Å². The molecule has 1 saturated carbocycles. The van der Waals surface area contributed by atoms with Gasteiger partial charge in [0.2, 0.25) is 10.0 Å². The molecule has 1 heterocycles. The number of sulfonamides is 1. The zero-order chi connectivity index (χ0) is 22.4. The molecule has 30 heavy (non-hydrogen) atoms. The Morgan fingerprint density at radius 2 is 1.77 bits per heavy atom. The van der Waals surface area contributed by atoms with Crippen molar-refractivity contribution in [3.05, 3.63) is 24.3 Å². The number of benzene rings is 1. The first kappa shape index (κ1) is 22.7. The average Bonchev–Trinajstić information content (AvgIpc) is 3.15. The first-order valence-electron chi connectivity index (χ1n) is 9.60. The summed E-state index contributed by atoms with van der Waals surface area (Å²) in [6, 6.07) is 3.67. The number of hydrogen-bond acceptors (Lipinski definition) is 5. The summed E-state index contributed by atoms with van der Waals surface area (Å²) in [5, 5.41) is 0. The smallest absolute Gasteiger partial charge is 0.444 e. The Labute approximate surface area is 173 Å². The first-order valence-corrected chi connectivity index (χ1v) is 11.1. The van der Waals surface area contributed by atoms with Crippen molar-refractivity contribution in [3.8, 4) is 5.75 Å². The van der Waals surface area contributed by atoms with Crippen LogP contribution in [0.1, 0.15) is 46.5 Å². The van der Waals surface area contributed by atoms with Crippen LogP contribution in [0.3, 0.4) is 0 Å². The van der Waals surface area contributed by atoms with Gasteiger partial charge in [0.1, 0.15) is 11.4 Å². The normalized spacial score (nSPS) is 21.4. The molecule has 2 fully saturated rings. The Morgan fingerprint density at radius 3 is 2.27 bits per heavy atom. The maximum Gasteiger partial charge on any atom is 0.573 e. The molecule has 168 valence electrons. The van der Waals surface area contributed by atoms with Crippen LogP contribution in [0.2, 0.25) is 0 Å². The second-order valence-corrected chi connectivity index (χ2v) is 10.3. The van der Waals surface area contributed by atoms with Gasteiger partial charge in [-0.3, -0.25) is 0 Å². The SMILES string of the molecule is CC(C)(C)OC(=O)N1CCC[C@@H]1C1(NS(=O)(=O)c2ccc(OC(F)(F)F)cc2)CC1. The van der Waals surface area contributed by atoms with E-state index in [9.17, 15) is 26.4 Å². The quantitative estimate of drug-likeness (QED) is 0.738. The Balaban J connectivity index is 1.73. The molecule has 2 aliphatic rings. The maximum atomic E-state index is 12.8. The van der Waals surface area contributed by atoms with Gasteiger partial charge in [-0.15, -0.1) is 13.2 Å². The van der Waals surface area contributed by atoms with Gasteiger partial charge in [-0.05, 0) is 70.7 Å². The molecule has 0 aromatic heterocycles. The van der Waals surface area contributed by atoms with Crippen LogP contribution in [0.5, 0.6) is 5.75 Å². The molecule has 0 unspecified atom stereocenters. The van der Waals surface area contributed by atoms with E-state index >= 15 is 0 Å². The fourth-order valence-electron chi connectivity index (χ4n) is 3.67. The molecule has 3 rings (SSSR count). The molecule has 0 radical (unpaired) electrons. The van der Waals surface area contributed by atoms with Crippen molar-refractivity contribution in [3.63, 3.8) is 0 Å². The number of alkyl halides is 3. The van der Waals surface area contributed by atoms with E-state index in [0.717, 1.165) is 30.7 Å². The van der Waals surface area contributed by atoms with Crippen LogP contribution in [0.25, 0.3) is 0 Å². The van der Waals surface area contributed by atoms with Crippen LogP contribution in [0, 0.1) is 0 Å². The monoisotopic (exact) mass is 450 g/mol. The second-order valence-electron chi connectivity index (χ2n) is 8.61. The lowest BCUT2D eigenvalue weighted by molar-refractivity contribution is -0.274. The summed E-state index contributed by atoms with van der Waals surface area (Å²) in [4.78, 5) is 13.9. The highest BCUT2D eigenvalue weighted by Gasteiger charge is 2.56. The third kappa shape index (κ3) is 5.37. The van der Waals surface area contributed by atoms with Crippen LogP contribution in [-0.4, -0.2) is 49.5 Å². The van der Waals surface area contributed by atoms with Crippen molar-refractivity contribution in [2.75, 3.05) is 6.54 Å². The van der Waals surface area contributed by atoms with E-state index in [1.807, 2.05) is 0 Å². The highest BCUT2D eigenvalue weighted by Crippen LogP contribution is 2.46. The predicted molar refractivity (Wildman–Crippen MR) is 101 cm³/mol. The van der Waals surface area contributed by atoms with Crippen molar-refractivity contribution < 1.29 is 35.9 Å². The number of rotatable bonds is 5. The van der Waals surface area contributed by atoms with Crippen LogP contribution in [0.15, 0.2) is 29.2 Å². The minimum atomic E-state index is -4.86. The summed E-state index contributed by atoms with van der Waals surface area (Å²) in [6.07, 6.45) is -2.85. The van der Waals surface area contributed by atoms with Gasteiger partial charge in [0.25, 0.3) is 0 Å². The summed E-state index contributed by atoms with van der Waals surface area (Å²) in [7, 11) is -4.00. The standard InChI is InChI=1S/C19H25F3N2O5S/c1-17(2,3)29-16(25)24-12-4-5-15(24)18(10-11-18)23-30(26,27)14-8-6-13(7-9-14)28-19(20,21)22/h6-9,15,23H,4-5,10-12H2,1-3H3/t15-/m1/s1. The molecule has 7 nitrogen and oxygen atoms in total. The van der Waals surface area contributed by atoms with Crippen molar-refractivity contribution in [2.24, 2.45) is 0 Å². The number of nitrogens with one attached hydrogen (secondary N) is 1. The molecular weight excluding hydrogens is 425 g/mol. The van der Waals surface area contributed by atoms with Gasteiger partial charge in [-0.2, -0.15) is 0 Å². The second kappa shape index (κ2) is 7.60. The third-order valence-corrected chi connectivity index (χ3v) is 6.58. The van der Waals surface area contributed by atoms with Crippen molar-refractivity contribution in [1.29, 1.82) is 0 Å². The number of halogens is 3. The maximum absolute atomic E-state index is 12.8. The van der Waals surface area contributed by atoms with Gasteiger partial charge in [0.15, 0.2) is 0 Å². The van der Waals surface area contributed by atoms with Gasteiger partial charge < -0.3 is 14.4 Å². The van der Waals surface area contributed by atoms with E-state index in [2.05, 4.69) is 9.46 Å². The molecule has 1 N–H and O–H groups in total. The molecule has 1 aromatic rings. The number of hydrogen-bond donors (Lipinski definition) is 1. The summed E-state index contributed by atoms with van der Waals surface area (Å²) < 4.78 is 74.4.